The summed E-state index contributed by atoms with van der Waals surface area (Å²) < 4.78 is 32.0. The molecule has 39 heavy (non-hydrogen) atoms. The largest absolute Gasteiger partial charge is 0.442 e. The molecule has 2 aromatic rings. The van der Waals surface area contributed by atoms with Crippen molar-refractivity contribution in [3.63, 3.8) is 0 Å². The maximum atomic E-state index is 15.1. The molecule has 3 aliphatic heterocycles. The number of benzene rings is 1. The van der Waals surface area contributed by atoms with Crippen molar-refractivity contribution in [3.8, 4) is 0 Å². The monoisotopic (exact) mass is 544 g/mol. The number of rotatable bonds is 7. The van der Waals surface area contributed by atoms with Gasteiger partial charge in [0, 0.05) is 32.3 Å². The Morgan fingerprint density at radius 3 is 2.77 bits per heavy atom. The quantitative estimate of drug-likeness (QED) is 0.405. The number of aromatic nitrogens is 2. The van der Waals surface area contributed by atoms with Gasteiger partial charge in [0.05, 0.1) is 36.7 Å². The number of carbonyl (C=O) groups is 4. The van der Waals surface area contributed by atoms with E-state index >= 15 is 4.39 Å². The van der Waals surface area contributed by atoms with Crippen LogP contribution in [0.2, 0.25) is 0 Å². The summed E-state index contributed by atoms with van der Waals surface area (Å²) in [4.78, 5) is 52.9. The number of nitrogens with zero attached hydrogens (tertiary/aromatic N) is 5. The Labute approximate surface area is 223 Å². The summed E-state index contributed by atoms with van der Waals surface area (Å²) in [6.07, 6.45) is 0.731. The lowest BCUT2D eigenvalue weighted by molar-refractivity contribution is -0.154. The fourth-order valence-corrected chi connectivity index (χ4v) is 4.95. The SMILES string of the molecule is CC(=O)N(C[C@H]1CN(c2ccc(N3Cc4cn(C)nc4C3)c(F)c2)C(=O)O1)C(=O)OCOC(=O)[C@@H]1CCCN1. The van der Waals surface area contributed by atoms with Crippen molar-refractivity contribution >= 4 is 35.4 Å². The number of nitrogens with one attached hydrogen (secondary N) is 1. The lowest BCUT2D eigenvalue weighted by Gasteiger charge is -2.22. The number of carbonyl (C=O) groups excluding carboxylic acids is 4. The zero-order valence-electron chi connectivity index (χ0n) is 21.6. The van der Waals surface area contributed by atoms with Crippen molar-refractivity contribution in [3.05, 3.63) is 41.5 Å². The van der Waals surface area contributed by atoms with Crippen LogP contribution >= 0.6 is 0 Å². The molecule has 14 heteroatoms. The summed E-state index contributed by atoms with van der Waals surface area (Å²) in [6, 6.07) is 4.01. The van der Waals surface area contributed by atoms with Gasteiger partial charge >= 0.3 is 18.2 Å². The molecule has 0 radical (unpaired) electrons. The summed E-state index contributed by atoms with van der Waals surface area (Å²) in [7, 11) is 1.84. The number of ether oxygens (including phenoxy) is 3. The van der Waals surface area contributed by atoms with E-state index in [0.29, 0.717) is 31.7 Å². The molecule has 2 fully saturated rings. The summed E-state index contributed by atoms with van der Waals surface area (Å²) >= 11 is 0. The Hall–Kier alpha value is -4.20. The van der Waals surface area contributed by atoms with E-state index < -0.39 is 48.8 Å². The van der Waals surface area contributed by atoms with Crippen molar-refractivity contribution in [2.24, 2.45) is 7.05 Å². The van der Waals surface area contributed by atoms with Crippen LogP contribution < -0.4 is 15.1 Å². The Kier molecular flexibility index (Phi) is 7.37. The van der Waals surface area contributed by atoms with Crippen LogP contribution in [-0.2, 0) is 43.9 Å². The van der Waals surface area contributed by atoms with Crippen LogP contribution in [0.1, 0.15) is 31.0 Å². The maximum absolute atomic E-state index is 15.1. The molecule has 13 nitrogen and oxygen atoms in total. The van der Waals surface area contributed by atoms with Crippen LogP contribution in [0.4, 0.5) is 25.4 Å². The number of anilines is 2. The van der Waals surface area contributed by atoms with E-state index in [9.17, 15) is 19.2 Å². The molecule has 2 atom stereocenters. The van der Waals surface area contributed by atoms with Crippen LogP contribution in [0, 0.1) is 5.82 Å². The lowest BCUT2D eigenvalue weighted by atomic mass is 10.2. The molecule has 3 amide bonds. The second-order valence-electron chi connectivity index (χ2n) is 9.65. The molecule has 1 N–H and O–H groups in total. The first-order chi connectivity index (χ1) is 18.7. The minimum absolute atomic E-state index is 0.0171. The molecular formula is C25H29FN6O7. The van der Waals surface area contributed by atoms with E-state index in [2.05, 4.69) is 10.4 Å². The molecule has 0 saturated carbocycles. The van der Waals surface area contributed by atoms with Gasteiger partial charge in [-0.05, 0) is 37.6 Å². The predicted octanol–water partition coefficient (Wildman–Crippen LogP) is 1.64. The molecule has 2 saturated heterocycles. The van der Waals surface area contributed by atoms with Gasteiger partial charge in [-0.15, -0.1) is 0 Å². The van der Waals surface area contributed by atoms with Crippen LogP contribution in [0.5, 0.6) is 0 Å². The van der Waals surface area contributed by atoms with Gasteiger partial charge in [-0.1, -0.05) is 0 Å². The number of aryl methyl sites for hydroxylation is 1. The number of hydrogen-bond acceptors (Lipinski definition) is 10. The second-order valence-corrected chi connectivity index (χ2v) is 9.65. The highest BCUT2D eigenvalue weighted by Crippen LogP contribution is 2.32. The maximum Gasteiger partial charge on any atom is 0.419 e. The molecular weight excluding hydrogens is 515 g/mol. The number of halogens is 1. The number of imide groups is 1. The Bertz CT molecular complexity index is 1270. The van der Waals surface area contributed by atoms with Gasteiger partial charge in [0.25, 0.3) is 0 Å². The van der Waals surface area contributed by atoms with E-state index in [1.165, 1.54) is 11.0 Å². The third-order valence-corrected chi connectivity index (χ3v) is 6.87. The van der Waals surface area contributed by atoms with Crippen molar-refractivity contribution in [2.75, 3.05) is 36.2 Å². The molecule has 208 valence electrons. The van der Waals surface area contributed by atoms with Gasteiger partial charge in [0.2, 0.25) is 12.7 Å². The highest BCUT2D eigenvalue weighted by atomic mass is 19.1. The molecule has 1 aromatic heterocycles. The van der Waals surface area contributed by atoms with Crippen molar-refractivity contribution in [1.82, 2.24) is 20.0 Å². The zero-order chi connectivity index (χ0) is 27.7. The third kappa shape index (κ3) is 5.65. The van der Waals surface area contributed by atoms with Gasteiger partial charge < -0.3 is 24.4 Å². The topological polar surface area (TPSA) is 136 Å². The minimum Gasteiger partial charge on any atom is -0.442 e. The van der Waals surface area contributed by atoms with Crippen LogP contribution in [0.15, 0.2) is 24.4 Å². The first-order valence-electron chi connectivity index (χ1n) is 12.6. The summed E-state index contributed by atoms with van der Waals surface area (Å²) in [5.41, 5.74) is 2.59. The standard InChI is InChI=1S/C25H29FN6O7/c1-15(33)31(24(35)38-14-37-23(34)20-4-3-7-27-20)11-18-12-32(25(36)39-18)17-5-6-22(19(26)8-17)30-10-16-9-29(2)28-21(16)13-30/h5-6,8-9,18,20,27H,3-4,7,10-14H2,1-2H3/t18-,20-/m0/s1. The smallest absolute Gasteiger partial charge is 0.419 e. The van der Waals surface area contributed by atoms with Crippen molar-refractivity contribution in [2.45, 2.75) is 45.0 Å². The molecule has 0 spiro atoms. The van der Waals surface area contributed by atoms with Gasteiger partial charge in [-0.3, -0.25) is 19.2 Å². The van der Waals surface area contributed by atoms with Crippen LogP contribution in [-0.4, -0.2) is 77.3 Å². The van der Waals surface area contributed by atoms with E-state index in [-0.39, 0.29) is 18.8 Å². The van der Waals surface area contributed by atoms with E-state index in [1.54, 1.807) is 16.8 Å². The van der Waals surface area contributed by atoms with E-state index in [1.807, 2.05) is 18.1 Å². The van der Waals surface area contributed by atoms with E-state index in [4.69, 9.17) is 14.2 Å². The minimum atomic E-state index is -1.04. The van der Waals surface area contributed by atoms with Crippen LogP contribution in [0.3, 0.4) is 0 Å². The van der Waals surface area contributed by atoms with Gasteiger partial charge in [0.1, 0.15) is 18.0 Å². The number of esters is 1. The molecule has 0 bridgehead atoms. The zero-order valence-corrected chi connectivity index (χ0v) is 21.6. The summed E-state index contributed by atoms with van der Waals surface area (Å²) in [5.74, 6) is -1.69. The van der Waals surface area contributed by atoms with Crippen molar-refractivity contribution in [1.29, 1.82) is 0 Å². The van der Waals surface area contributed by atoms with E-state index in [0.717, 1.165) is 29.5 Å². The number of amides is 3. The lowest BCUT2D eigenvalue weighted by Crippen LogP contribution is -2.43. The average Bonchev–Trinajstić information content (AvgIpc) is 3.67. The fraction of sp³-hybridized carbons (Fsp3) is 0.480. The normalized spacial score (nSPS) is 20.1. The highest BCUT2D eigenvalue weighted by molar-refractivity contribution is 5.92. The van der Waals surface area contributed by atoms with Crippen molar-refractivity contribution < 1.29 is 37.8 Å². The first kappa shape index (κ1) is 26.4. The summed E-state index contributed by atoms with van der Waals surface area (Å²) in [6.45, 7) is 1.92. The van der Waals surface area contributed by atoms with Gasteiger partial charge in [-0.2, -0.15) is 5.10 Å². The number of hydrogen-bond donors (Lipinski definition) is 1. The Morgan fingerprint density at radius 1 is 1.26 bits per heavy atom. The number of fused-ring (bicyclic) bond motifs is 1. The average molecular weight is 545 g/mol. The third-order valence-electron chi connectivity index (χ3n) is 6.87. The van der Waals surface area contributed by atoms with Gasteiger partial charge in [-0.25, -0.2) is 18.9 Å². The number of cyclic esters (lactones) is 1. The molecule has 5 rings (SSSR count). The van der Waals surface area contributed by atoms with Gasteiger partial charge in [0.15, 0.2) is 0 Å². The highest BCUT2D eigenvalue weighted by Gasteiger charge is 2.37. The summed E-state index contributed by atoms with van der Waals surface area (Å²) in [5, 5.41) is 7.35. The fourth-order valence-electron chi connectivity index (χ4n) is 4.95. The molecule has 0 unspecified atom stereocenters. The molecule has 4 heterocycles. The molecule has 0 aliphatic carbocycles. The Morgan fingerprint density at radius 2 is 2.08 bits per heavy atom. The second kappa shape index (κ2) is 10.9. The molecule has 3 aliphatic rings. The van der Waals surface area contributed by atoms with Crippen LogP contribution in [0.25, 0.3) is 0 Å². The predicted molar refractivity (Wildman–Crippen MR) is 133 cm³/mol. The Balaban J connectivity index is 1.16. The first-order valence-corrected chi connectivity index (χ1v) is 12.6. The molecule has 1 aromatic carbocycles.